The minimum absolute atomic E-state index is 0.199. The zero-order chi connectivity index (χ0) is 11.7. The van der Waals surface area contributed by atoms with Crippen molar-refractivity contribution in [2.24, 2.45) is 11.8 Å². The van der Waals surface area contributed by atoms with Gasteiger partial charge >= 0.3 is 0 Å². The van der Waals surface area contributed by atoms with E-state index in [0.29, 0.717) is 0 Å². The van der Waals surface area contributed by atoms with E-state index >= 15 is 0 Å². The molecule has 0 heterocycles. The molecule has 0 fully saturated rings. The van der Waals surface area contributed by atoms with E-state index in [1.165, 1.54) is 7.05 Å². The van der Waals surface area contributed by atoms with Crippen molar-refractivity contribution in [1.29, 1.82) is 0 Å². The monoisotopic (exact) mass is 242 g/mol. The highest BCUT2D eigenvalue weighted by Gasteiger charge is 2.12. The molecule has 0 aromatic carbocycles. The van der Waals surface area contributed by atoms with Crippen LogP contribution < -0.4 is 5.11 Å². The summed E-state index contributed by atoms with van der Waals surface area (Å²) in [5.74, 6) is -0.966. The standard InChI is InChI=1S/C8H16O2.CH3Cl2N/c1-4-5-7(6(2)3)8(9)10;1-4(2)3/h6-7H,4-5H2,1-3H3,(H,9,10);1H3/p-1. The van der Waals surface area contributed by atoms with Crippen molar-refractivity contribution < 1.29 is 9.90 Å². The second-order valence-corrected chi connectivity index (χ2v) is 4.55. The van der Waals surface area contributed by atoms with Crippen LogP contribution >= 0.6 is 23.6 Å². The SMILES string of the molecule is CCCC(C(=O)[O-])C(C)C.CN(Cl)Cl. The Balaban J connectivity index is 0. The van der Waals surface area contributed by atoms with Crippen LogP contribution in [-0.4, -0.2) is 17.0 Å². The molecule has 0 spiro atoms. The first-order chi connectivity index (χ1) is 6.32. The fourth-order valence-corrected chi connectivity index (χ4v) is 1.03. The largest absolute Gasteiger partial charge is 0.550 e. The molecule has 86 valence electrons. The van der Waals surface area contributed by atoms with Crippen LogP contribution in [0.1, 0.15) is 33.6 Å². The maximum atomic E-state index is 10.4. The minimum Gasteiger partial charge on any atom is -0.550 e. The Morgan fingerprint density at radius 2 is 1.79 bits per heavy atom. The lowest BCUT2D eigenvalue weighted by Gasteiger charge is -2.20. The number of hydrogen-bond acceptors (Lipinski definition) is 3. The van der Waals surface area contributed by atoms with Gasteiger partial charge in [-0.1, -0.05) is 27.2 Å². The molecule has 0 bridgehead atoms. The van der Waals surface area contributed by atoms with Gasteiger partial charge in [-0.3, -0.25) is 0 Å². The van der Waals surface area contributed by atoms with E-state index in [1.54, 1.807) is 0 Å². The number of carbonyl (C=O) groups is 1. The van der Waals surface area contributed by atoms with Gasteiger partial charge in [0, 0.05) is 18.9 Å². The average Bonchev–Trinajstić information content (AvgIpc) is 1.97. The Morgan fingerprint density at radius 3 is 1.86 bits per heavy atom. The van der Waals surface area contributed by atoms with Crippen LogP contribution in [-0.2, 0) is 4.79 Å². The number of halogens is 2. The summed E-state index contributed by atoms with van der Waals surface area (Å²) < 4.78 is 0.944. The van der Waals surface area contributed by atoms with Crippen LogP contribution in [0.4, 0.5) is 0 Å². The zero-order valence-electron chi connectivity index (χ0n) is 9.09. The summed E-state index contributed by atoms with van der Waals surface area (Å²) >= 11 is 9.75. The fraction of sp³-hybridized carbons (Fsp3) is 0.889. The third kappa shape index (κ3) is 12.0. The molecule has 5 heteroatoms. The van der Waals surface area contributed by atoms with Crippen molar-refractivity contribution in [2.75, 3.05) is 7.05 Å². The quantitative estimate of drug-likeness (QED) is 0.709. The first-order valence-corrected chi connectivity index (χ1v) is 5.26. The summed E-state index contributed by atoms with van der Waals surface area (Å²) in [4.78, 5) is 10.4. The Morgan fingerprint density at radius 1 is 1.43 bits per heavy atom. The highest BCUT2D eigenvalue weighted by Crippen LogP contribution is 2.15. The Hall–Kier alpha value is 0.01000. The number of rotatable bonds is 4. The molecule has 0 aliphatic rings. The van der Waals surface area contributed by atoms with Gasteiger partial charge in [0.2, 0.25) is 0 Å². The molecule has 0 N–H and O–H groups in total. The lowest BCUT2D eigenvalue weighted by Crippen LogP contribution is -2.34. The number of carbonyl (C=O) groups excluding carboxylic acids is 1. The van der Waals surface area contributed by atoms with Crippen LogP contribution in [0.25, 0.3) is 0 Å². The van der Waals surface area contributed by atoms with E-state index in [9.17, 15) is 9.90 Å². The molecule has 1 unspecified atom stereocenters. The number of nitrogens with zero attached hydrogens (tertiary/aromatic N) is 1. The summed E-state index contributed by atoms with van der Waals surface area (Å²) in [7, 11) is 1.53. The first-order valence-electron chi connectivity index (χ1n) is 4.59. The van der Waals surface area contributed by atoms with E-state index in [4.69, 9.17) is 23.6 Å². The molecule has 0 aromatic heterocycles. The number of carboxylic acids is 1. The van der Waals surface area contributed by atoms with Crippen molar-refractivity contribution in [3.05, 3.63) is 0 Å². The molecule has 0 saturated heterocycles. The van der Waals surface area contributed by atoms with Gasteiger partial charge < -0.3 is 9.90 Å². The number of hydrogen-bond donors (Lipinski definition) is 0. The smallest absolute Gasteiger partial charge is 0.0447 e. The predicted octanol–water partition coefficient (Wildman–Crippen LogP) is 2.03. The summed E-state index contributed by atoms with van der Waals surface area (Å²) in [6.45, 7) is 5.81. The van der Waals surface area contributed by atoms with Gasteiger partial charge in [-0.25, -0.2) is 0 Å². The summed E-state index contributed by atoms with van der Waals surface area (Å²) in [5.41, 5.74) is 0. The van der Waals surface area contributed by atoms with Crippen LogP contribution in [0.15, 0.2) is 0 Å². The van der Waals surface area contributed by atoms with Gasteiger partial charge in [-0.05, 0) is 35.9 Å². The molecule has 0 amide bonds. The van der Waals surface area contributed by atoms with Crippen molar-refractivity contribution in [2.45, 2.75) is 33.6 Å². The first kappa shape index (κ1) is 16.4. The van der Waals surface area contributed by atoms with Gasteiger partial charge in [0.1, 0.15) is 0 Å². The topological polar surface area (TPSA) is 43.4 Å². The molecular formula is C9H18Cl2NO2-. The second kappa shape index (κ2) is 9.56. The van der Waals surface area contributed by atoms with Gasteiger partial charge in [0.15, 0.2) is 0 Å². The van der Waals surface area contributed by atoms with E-state index in [0.717, 1.165) is 16.8 Å². The summed E-state index contributed by atoms with van der Waals surface area (Å²) in [6.07, 6.45) is 1.65. The van der Waals surface area contributed by atoms with Crippen molar-refractivity contribution in [1.82, 2.24) is 3.94 Å². The molecule has 0 aliphatic heterocycles. The Labute approximate surface area is 96.2 Å². The number of aliphatic carboxylic acids is 1. The van der Waals surface area contributed by atoms with E-state index in [-0.39, 0.29) is 11.8 Å². The van der Waals surface area contributed by atoms with Gasteiger partial charge in [0.25, 0.3) is 0 Å². The van der Waals surface area contributed by atoms with Gasteiger partial charge in [0.05, 0.1) is 0 Å². The molecular weight excluding hydrogens is 225 g/mol. The molecule has 1 atom stereocenters. The second-order valence-electron chi connectivity index (χ2n) is 3.36. The summed E-state index contributed by atoms with van der Waals surface area (Å²) in [5, 5.41) is 10.4. The fourth-order valence-electron chi connectivity index (χ4n) is 1.03. The molecule has 0 radical (unpaired) electrons. The van der Waals surface area contributed by atoms with Crippen molar-refractivity contribution in [3.8, 4) is 0 Å². The van der Waals surface area contributed by atoms with E-state index < -0.39 is 5.97 Å². The molecule has 3 nitrogen and oxygen atoms in total. The van der Waals surface area contributed by atoms with Crippen molar-refractivity contribution >= 4 is 29.5 Å². The van der Waals surface area contributed by atoms with E-state index in [1.807, 2.05) is 20.8 Å². The van der Waals surface area contributed by atoms with Crippen molar-refractivity contribution in [3.63, 3.8) is 0 Å². The lowest BCUT2D eigenvalue weighted by atomic mass is 9.92. The summed E-state index contributed by atoms with van der Waals surface area (Å²) in [6, 6.07) is 0. The Bertz CT molecular complexity index is 149. The zero-order valence-corrected chi connectivity index (χ0v) is 10.6. The minimum atomic E-state index is -0.906. The molecule has 0 rings (SSSR count). The third-order valence-corrected chi connectivity index (χ3v) is 1.71. The highest BCUT2D eigenvalue weighted by atomic mass is 35.5. The lowest BCUT2D eigenvalue weighted by molar-refractivity contribution is -0.313. The van der Waals surface area contributed by atoms with Crippen LogP contribution in [0.3, 0.4) is 0 Å². The molecule has 0 aliphatic carbocycles. The van der Waals surface area contributed by atoms with Crippen LogP contribution in [0.2, 0.25) is 0 Å². The Kier molecular flexibility index (Phi) is 11.2. The molecule has 0 saturated carbocycles. The maximum Gasteiger partial charge on any atom is 0.0447 e. The number of carboxylic acid groups (broad SMARTS) is 1. The van der Waals surface area contributed by atoms with Gasteiger partial charge in [-0.15, -0.1) is 3.94 Å². The molecule has 14 heavy (non-hydrogen) atoms. The van der Waals surface area contributed by atoms with E-state index in [2.05, 4.69) is 0 Å². The van der Waals surface area contributed by atoms with Crippen LogP contribution in [0.5, 0.6) is 0 Å². The maximum absolute atomic E-state index is 10.4. The molecule has 0 aromatic rings. The third-order valence-electron chi connectivity index (χ3n) is 1.71. The predicted molar refractivity (Wildman–Crippen MR) is 57.7 cm³/mol. The highest BCUT2D eigenvalue weighted by molar-refractivity contribution is 6.33. The van der Waals surface area contributed by atoms with Crippen LogP contribution in [0, 0.1) is 11.8 Å². The van der Waals surface area contributed by atoms with Gasteiger partial charge in [-0.2, -0.15) is 0 Å². The average molecular weight is 243 g/mol. The normalized spacial score (nSPS) is 12.3.